The predicted molar refractivity (Wildman–Crippen MR) is 118 cm³/mol. The second-order valence-corrected chi connectivity index (χ2v) is 10.8. The molecule has 1 fully saturated rings. The van der Waals surface area contributed by atoms with Crippen LogP contribution < -0.4 is 4.90 Å². The highest BCUT2D eigenvalue weighted by Crippen LogP contribution is 2.34. The zero-order valence-electron chi connectivity index (χ0n) is 16.9. The third kappa shape index (κ3) is 3.07. The van der Waals surface area contributed by atoms with Gasteiger partial charge >= 0.3 is 0 Å². The Kier molecular flexibility index (Phi) is 4.74. The van der Waals surface area contributed by atoms with Crippen molar-refractivity contribution in [1.29, 1.82) is 0 Å². The van der Waals surface area contributed by atoms with Crippen molar-refractivity contribution in [3.05, 3.63) is 41.3 Å². The van der Waals surface area contributed by atoms with E-state index in [1.54, 1.807) is 28.0 Å². The van der Waals surface area contributed by atoms with Crippen LogP contribution in [0.4, 0.5) is 5.82 Å². The Hall–Kier alpha value is -2.52. The molecule has 4 heterocycles. The smallest absolute Gasteiger partial charge is 0.229 e. The summed E-state index contributed by atoms with van der Waals surface area (Å²) >= 11 is 1.60. The molecule has 0 atom stereocenters. The van der Waals surface area contributed by atoms with Gasteiger partial charge in [-0.2, -0.15) is 4.52 Å². The lowest BCUT2D eigenvalue weighted by Gasteiger charge is -2.28. The van der Waals surface area contributed by atoms with E-state index in [4.69, 9.17) is 4.98 Å². The number of hydrogen-bond donors (Lipinski definition) is 0. The molecule has 0 bridgehead atoms. The number of piperidine rings is 1. The van der Waals surface area contributed by atoms with Gasteiger partial charge in [-0.1, -0.05) is 31.2 Å². The van der Waals surface area contributed by atoms with Gasteiger partial charge in [-0.3, -0.25) is 0 Å². The molecule has 1 aliphatic heterocycles. The zero-order valence-corrected chi connectivity index (χ0v) is 18.6. The van der Waals surface area contributed by atoms with Crippen LogP contribution >= 0.6 is 11.3 Å². The second kappa shape index (κ2) is 7.31. The molecular formula is C21H23N5O2S2. The molecule has 1 aromatic carbocycles. The average molecular weight is 442 g/mol. The fourth-order valence-electron chi connectivity index (χ4n) is 3.95. The number of rotatable bonds is 4. The van der Waals surface area contributed by atoms with E-state index in [0.717, 1.165) is 47.5 Å². The Balaban J connectivity index is 1.68. The molecule has 1 saturated heterocycles. The Bertz CT molecular complexity index is 1320. The third-order valence-corrected chi connectivity index (χ3v) is 8.24. The molecule has 0 radical (unpaired) electrons. The maximum absolute atomic E-state index is 13.4. The lowest BCUT2D eigenvalue weighted by molar-refractivity contribution is 0.575. The highest BCUT2D eigenvalue weighted by Gasteiger charge is 2.28. The van der Waals surface area contributed by atoms with Gasteiger partial charge in [-0.05, 0) is 54.3 Å². The Morgan fingerprint density at radius 2 is 1.77 bits per heavy atom. The number of sulfone groups is 1. The first kappa shape index (κ1) is 19.4. The molecular weight excluding hydrogens is 418 g/mol. The van der Waals surface area contributed by atoms with Crippen molar-refractivity contribution in [3.63, 3.8) is 0 Å². The van der Waals surface area contributed by atoms with Crippen LogP contribution in [0.15, 0.2) is 45.6 Å². The summed E-state index contributed by atoms with van der Waals surface area (Å²) in [5.74, 6) is 1.17. The number of thiophene rings is 1. The van der Waals surface area contributed by atoms with Crippen molar-refractivity contribution in [1.82, 2.24) is 19.8 Å². The van der Waals surface area contributed by atoms with Gasteiger partial charge in [0, 0.05) is 13.1 Å². The molecule has 4 aromatic rings. The molecule has 9 heteroatoms. The average Bonchev–Trinajstić information content (AvgIpc) is 3.41. The van der Waals surface area contributed by atoms with Crippen LogP contribution in [0.3, 0.4) is 0 Å². The van der Waals surface area contributed by atoms with Gasteiger partial charge in [-0.15, -0.1) is 16.4 Å². The van der Waals surface area contributed by atoms with E-state index < -0.39 is 9.84 Å². The molecule has 0 N–H and O–H groups in total. The third-order valence-electron chi connectivity index (χ3n) is 5.67. The van der Waals surface area contributed by atoms with Crippen LogP contribution in [0.25, 0.3) is 15.9 Å². The van der Waals surface area contributed by atoms with Gasteiger partial charge in [0.1, 0.15) is 0 Å². The molecule has 30 heavy (non-hydrogen) atoms. The largest absolute Gasteiger partial charge is 0.355 e. The molecule has 0 spiro atoms. The van der Waals surface area contributed by atoms with E-state index in [9.17, 15) is 8.42 Å². The minimum Gasteiger partial charge on any atom is -0.355 e. The van der Waals surface area contributed by atoms with Crippen LogP contribution in [0, 0.1) is 0 Å². The summed E-state index contributed by atoms with van der Waals surface area (Å²) < 4.78 is 29.3. The normalized spacial score (nSPS) is 15.5. The molecule has 0 saturated carbocycles. The molecule has 3 aromatic heterocycles. The first-order valence-electron chi connectivity index (χ1n) is 10.2. The summed E-state index contributed by atoms with van der Waals surface area (Å²) in [6.45, 7) is 6.01. The zero-order chi connectivity index (χ0) is 20.9. The minimum atomic E-state index is -3.84. The summed E-state index contributed by atoms with van der Waals surface area (Å²) in [5.41, 5.74) is 2.22. The van der Waals surface area contributed by atoms with E-state index in [1.165, 1.54) is 6.42 Å². The van der Waals surface area contributed by atoms with Crippen LogP contribution in [0.5, 0.6) is 0 Å². The van der Waals surface area contributed by atoms with Gasteiger partial charge < -0.3 is 4.90 Å². The summed E-state index contributed by atoms with van der Waals surface area (Å²) in [7, 11) is -3.84. The van der Waals surface area contributed by atoms with Crippen molar-refractivity contribution < 1.29 is 8.42 Å². The number of anilines is 1. The first-order valence-corrected chi connectivity index (χ1v) is 12.6. The van der Waals surface area contributed by atoms with E-state index in [1.807, 2.05) is 23.6 Å². The van der Waals surface area contributed by atoms with Crippen LogP contribution in [0.1, 0.15) is 44.6 Å². The molecule has 5 rings (SSSR count). The molecule has 7 nitrogen and oxygen atoms in total. The Morgan fingerprint density at radius 3 is 2.47 bits per heavy atom. The van der Waals surface area contributed by atoms with Crippen LogP contribution in [0.2, 0.25) is 0 Å². The first-order chi connectivity index (χ1) is 14.5. The van der Waals surface area contributed by atoms with E-state index in [0.29, 0.717) is 5.92 Å². The van der Waals surface area contributed by atoms with Gasteiger partial charge in [0.25, 0.3) is 0 Å². The molecule has 0 unspecified atom stereocenters. The summed E-state index contributed by atoms with van der Waals surface area (Å²) in [4.78, 5) is 7.25. The molecule has 156 valence electrons. The van der Waals surface area contributed by atoms with Crippen molar-refractivity contribution in [2.24, 2.45) is 0 Å². The topological polar surface area (TPSA) is 80.5 Å². The quantitative estimate of drug-likeness (QED) is 0.470. The number of benzene rings is 1. The number of hydrogen-bond acceptors (Lipinski definition) is 7. The standard InChI is InChI=1S/C21H23N5O2S2/c1-14(2)15-6-8-16(9-7-15)30(27,28)21-20-22-19(25-11-4-3-5-12-25)18-17(10-13-29-18)26(20)24-23-21/h6-10,13-14H,3-5,11-12H2,1-2H3. The van der Waals surface area contributed by atoms with Gasteiger partial charge in [0.05, 0.1) is 15.1 Å². The lowest BCUT2D eigenvalue weighted by atomic mass is 10.0. The van der Waals surface area contributed by atoms with Gasteiger partial charge in [0.15, 0.2) is 11.5 Å². The van der Waals surface area contributed by atoms with E-state index in [2.05, 4.69) is 29.1 Å². The van der Waals surface area contributed by atoms with Crippen LogP contribution in [-0.2, 0) is 9.84 Å². The highest BCUT2D eigenvalue weighted by molar-refractivity contribution is 7.91. The maximum Gasteiger partial charge on any atom is 0.229 e. The second-order valence-electron chi connectivity index (χ2n) is 7.98. The summed E-state index contributed by atoms with van der Waals surface area (Å²) in [6.07, 6.45) is 3.45. The van der Waals surface area contributed by atoms with E-state index in [-0.39, 0.29) is 15.6 Å². The number of aromatic nitrogens is 4. The maximum atomic E-state index is 13.4. The number of nitrogens with zero attached hydrogens (tertiary/aromatic N) is 5. The fourth-order valence-corrected chi connectivity index (χ4v) is 6.07. The fraction of sp³-hybridized carbons (Fsp3) is 0.381. The van der Waals surface area contributed by atoms with E-state index >= 15 is 0 Å². The Labute approximate surface area is 179 Å². The monoisotopic (exact) mass is 441 g/mol. The van der Waals surface area contributed by atoms with Crippen molar-refractivity contribution in [2.45, 2.75) is 48.9 Å². The van der Waals surface area contributed by atoms with Crippen molar-refractivity contribution in [2.75, 3.05) is 18.0 Å². The lowest BCUT2D eigenvalue weighted by Crippen LogP contribution is -2.30. The number of fused-ring (bicyclic) bond motifs is 3. The summed E-state index contributed by atoms with van der Waals surface area (Å²) in [6, 6.07) is 8.94. The highest BCUT2D eigenvalue weighted by atomic mass is 32.2. The molecule has 1 aliphatic rings. The molecule has 0 amide bonds. The summed E-state index contributed by atoms with van der Waals surface area (Å²) in [5, 5.41) is 10.1. The van der Waals surface area contributed by atoms with Crippen molar-refractivity contribution in [3.8, 4) is 0 Å². The van der Waals surface area contributed by atoms with Crippen LogP contribution in [-0.4, -0.2) is 41.3 Å². The SMILES string of the molecule is CC(C)c1ccc(S(=O)(=O)c2nnn3c2nc(N2CCCCC2)c2sccc23)cc1. The van der Waals surface area contributed by atoms with Gasteiger partial charge in [-0.25, -0.2) is 13.4 Å². The minimum absolute atomic E-state index is 0.0915. The Morgan fingerprint density at radius 1 is 1.03 bits per heavy atom. The van der Waals surface area contributed by atoms with Crippen molar-refractivity contribution >= 4 is 42.9 Å². The predicted octanol–water partition coefficient (Wildman–Crippen LogP) is 4.29. The molecule has 0 aliphatic carbocycles. The van der Waals surface area contributed by atoms with Gasteiger partial charge in [0.2, 0.25) is 14.9 Å².